The Hall–Kier alpha value is -1.91. The lowest BCUT2D eigenvalue weighted by Gasteiger charge is -2.21. The monoisotopic (exact) mass is 250 g/mol. The first-order valence-corrected chi connectivity index (χ1v) is 5.88. The summed E-state index contributed by atoms with van der Waals surface area (Å²) in [6.45, 7) is 0.731. The summed E-state index contributed by atoms with van der Waals surface area (Å²) in [5.41, 5.74) is 0.619. The highest BCUT2D eigenvalue weighted by Crippen LogP contribution is 2.15. The highest BCUT2D eigenvalue weighted by atomic mass is 19.1. The molecule has 0 aliphatic carbocycles. The molecule has 0 radical (unpaired) electrons. The van der Waals surface area contributed by atoms with Gasteiger partial charge in [-0.15, -0.1) is 0 Å². The summed E-state index contributed by atoms with van der Waals surface area (Å²) in [6.07, 6.45) is 1.33. The number of amides is 2. The van der Waals surface area contributed by atoms with Crippen LogP contribution >= 0.6 is 0 Å². The number of hydrogen-bond acceptors (Lipinski definition) is 2. The Morgan fingerprint density at radius 1 is 1.39 bits per heavy atom. The van der Waals surface area contributed by atoms with Crippen molar-refractivity contribution in [1.29, 1.82) is 0 Å². The molecule has 0 atom stereocenters. The Morgan fingerprint density at radius 2 is 2.06 bits per heavy atom. The van der Waals surface area contributed by atoms with Gasteiger partial charge in [0.2, 0.25) is 11.8 Å². The zero-order valence-electron chi connectivity index (χ0n) is 10.2. The number of carbonyl (C=O) groups excluding carboxylic acids is 2. The first-order chi connectivity index (χ1) is 8.58. The SMILES string of the molecule is CN(C(=O)CN1CCCC1=O)c1ccc(F)cc1. The highest BCUT2D eigenvalue weighted by molar-refractivity contribution is 5.96. The molecular weight excluding hydrogens is 235 g/mol. The number of nitrogens with zero attached hydrogens (tertiary/aromatic N) is 2. The number of rotatable bonds is 3. The molecule has 0 saturated carbocycles. The third kappa shape index (κ3) is 2.67. The quantitative estimate of drug-likeness (QED) is 0.813. The van der Waals surface area contributed by atoms with E-state index in [1.54, 1.807) is 24.1 Å². The maximum Gasteiger partial charge on any atom is 0.246 e. The predicted octanol–water partition coefficient (Wildman–Crippen LogP) is 1.41. The zero-order chi connectivity index (χ0) is 13.1. The van der Waals surface area contributed by atoms with Gasteiger partial charge in [-0.3, -0.25) is 9.59 Å². The second-order valence-electron chi connectivity index (χ2n) is 4.35. The Kier molecular flexibility index (Phi) is 3.60. The molecule has 0 unspecified atom stereocenters. The number of likely N-dealkylation sites (N-methyl/N-ethyl adjacent to an activating group) is 1. The molecule has 1 aromatic rings. The van der Waals surface area contributed by atoms with Crippen LogP contribution in [0, 0.1) is 5.82 Å². The summed E-state index contributed by atoms with van der Waals surface area (Å²) in [5.74, 6) is -0.484. The van der Waals surface area contributed by atoms with Crippen LogP contribution in [0.5, 0.6) is 0 Å². The van der Waals surface area contributed by atoms with E-state index in [0.717, 1.165) is 6.42 Å². The second-order valence-corrected chi connectivity index (χ2v) is 4.35. The van der Waals surface area contributed by atoms with Crippen molar-refractivity contribution in [1.82, 2.24) is 4.90 Å². The van der Waals surface area contributed by atoms with E-state index in [0.29, 0.717) is 18.7 Å². The van der Waals surface area contributed by atoms with E-state index in [1.807, 2.05) is 0 Å². The lowest BCUT2D eigenvalue weighted by molar-refractivity contribution is -0.132. The lowest BCUT2D eigenvalue weighted by Crippen LogP contribution is -2.38. The molecule has 5 heteroatoms. The molecule has 2 rings (SSSR count). The van der Waals surface area contributed by atoms with Crippen molar-refractivity contribution in [2.24, 2.45) is 0 Å². The van der Waals surface area contributed by atoms with E-state index in [9.17, 15) is 14.0 Å². The van der Waals surface area contributed by atoms with Crippen LogP contribution in [0.4, 0.5) is 10.1 Å². The fourth-order valence-electron chi connectivity index (χ4n) is 1.95. The van der Waals surface area contributed by atoms with E-state index < -0.39 is 0 Å². The van der Waals surface area contributed by atoms with Crippen LogP contribution in [-0.4, -0.2) is 36.9 Å². The minimum atomic E-state index is -0.339. The molecule has 1 saturated heterocycles. The summed E-state index contributed by atoms with van der Waals surface area (Å²) in [5, 5.41) is 0. The third-order valence-corrected chi connectivity index (χ3v) is 3.09. The summed E-state index contributed by atoms with van der Waals surface area (Å²) in [6, 6.07) is 5.69. The molecule has 1 aliphatic rings. The summed E-state index contributed by atoms with van der Waals surface area (Å²) in [4.78, 5) is 26.4. The van der Waals surface area contributed by atoms with Crippen LogP contribution in [0.2, 0.25) is 0 Å². The molecule has 96 valence electrons. The zero-order valence-corrected chi connectivity index (χ0v) is 10.2. The molecule has 1 aromatic carbocycles. The van der Waals surface area contributed by atoms with Gasteiger partial charge >= 0.3 is 0 Å². The minimum Gasteiger partial charge on any atom is -0.333 e. The molecule has 0 aromatic heterocycles. The topological polar surface area (TPSA) is 40.6 Å². The van der Waals surface area contributed by atoms with Crippen molar-refractivity contribution in [2.75, 3.05) is 25.0 Å². The first-order valence-electron chi connectivity index (χ1n) is 5.88. The maximum absolute atomic E-state index is 12.8. The molecule has 2 amide bonds. The smallest absolute Gasteiger partial charge is 0.246 e. The van der Waals surface area contributed by atoms with Gasteiger partial charge in [-0.05, 0) is 30.7 Å². The number of benzene rings is 1. The number of hydrogen-bond donors (Lipinski definition) is 0. The molecule has 1 fully saturated rings. The predicted molar refractivity (Wildman–Crippen MR) is 65.6 cm³/mol. The van der Waals surface area contributed by atoms with Crippen molar-refractivity contribution in [3.8, 4) is 0 Å². The van der Waals surface area contributed by atoms with E-state index >= 15 is 0 Å². The van der Waals surface area contributed by atoms with E-state index in [-0.39, 0.29) is 24.2 Å². The maximum atomic E-state index is 12.8. The van der Waals surface area contributed by atoms with Crippen LogP contribution in [-0.2, 0) is 9.59 Å². The number of carbonyl (C=O) groups is 2. The molecule has 1 aliphatic heterocycles. The fourth-order valence-corrected chi connectivity index (χ4v) is 1.95. The van der Waals surface area contributed by atoms with Crippen molar-refractivity contribution >= 4 is 17.5 Å². The van der Waals surface area contributed by atoms with Crippen molar-refractivity contribution in [3.05, 3.63) is 30.1 Å². The number of likely N-dealkylation sites (tertiary alicyclic amines) is 1. The normalized spacial score (nSPS) is 15.0. The summed E-state index contributed by atoms with van der Waals surface area (Å²) < 4.78 is 12.8. The van der Waals surface area contributed by atoms with Gasteiger partial charge in [-0.2, -0.15) is 0 Å². The standard InChI is InChI=1S/C13H15FN2O2/c1-15(11-6-4-10(14)5-7-11)13(18)9-16-8-2-3-12(16)17/h4-7H,2-3,8-9H2,1H3. The second kappa shape index (κ2) is 5.16. The van der Waals surface area contributed by atoms with Gasteiger partial charge in [-0.1, -0.05) is 0 Å². The van der Waals surface area contributed by atoms with Gasteiger partial charge in [0, 0.05) is 25.7 Å². The van der Waals surface area contributed by atoms with Crippen LogP contribution in [0.3, 0.4) is 0 Å². The van der Waals surface area contributed by atoms with Crippen LogP contribution < -0.4 is 4.90 Å². The van der Waals surface area contributed by atoms with Crippen molar-refractivity contribution < 1.29 is 14.0 Å². The molecule has 18 heavy (non-hydrogen) atoms. The minimum absolute atomic E-state index is 0.0239. The molecule has 0 N–H and O–H groups in total. The average Bonchev–Trinajstić information content (AvgIpc) is 2.75. The third-order valence-electron chi connectivity index (χ3n) is 3.09. The largest absolute Gasteiger partial charge is 0.333 e. The van der Waals surface area contributed by atoms with Gasteiger partial charge in [0.25, 0.3) is 0 Å². The van der Waals surface area contributed by atoms with Gasteiger partial charge in [0.05, 0.1) is 0 Å². The fraction of sp³-hybridized carbons (Fsp3) is 0.385. The van der Waals surface area contributed by atoms with Crippen molar-refractivity contribution in [2.45, 2.75) is 12.8 Å². The number of anilines is 1. The lowest BCUT2D eigenvalue weighted by atomic mass is 10.3. The Bertz CT molecular complexity index is 459. The molecular formula is C13H15FN2O2. The Labute approximate surface area is 105 Å². The molecule has 0 bridgehead atoms. The van der Waals surface area contributed by atoms with Crippen molar-refractivity contribution in [3.63, 3.8) is 0 Å². The van der Waals surface area contributed by atoms with Gasteiger partial charge in [0.15, 0.2) is 0 Å². The molecule has 0 spiro atoms. The van der Waals surface area contributed by atoms with E-state index in [2.05, 4.69) is 0 Å². The summed E-state index contributed by atoms with van der Waals surface area (Å²) >= 11 is 0. The van der Waals surface area contributed by atoms with E-state index in [1.165, 1.54) is 17.0 Å². The number of halogens is 1. The Morgan fingerprint density at radius 3 is 2.61 bits per heavy atom. The Balaban J connectivity index is 2.00. The molecule has 4 nitrogen and oxygen atoms in total. The van der Waals surface area contributed by atoms with Gasteiger partial charge in [-0.25, -0.2) is 4.39 Å². The average molecular weight is 250 g/mol. The highest BCUT2D eigenvalue weighted by Gasteiger charge is 2.24. The first kappa shape index (κ1) is 12.5. The van der Waals surface area contributed by atoms with Gasteiger partial charge < -0.3 is 9.80 Å². The van der Waals surface area contributed by atoms with Gasteiger partial charge in [0.1, 0.15) is 12.4 Å². The van der Waals surface area contributed by atoms with Crippen LogP contribution in [0.15, 0.2) is 24.3 Å². The summed E-state index contributed by atoms with van der Waals surface area (Å²) in [7, 11) is 1.62. The van der Waals surface area contributed by atoms with Crippen LogP contribution in [0.25, 0.3) is 0 Å². The van der Waals surface area contributed by atoms with E-state index in [4.69, 9.17) is 0 Å². The molecule has 1 heterocycles. The van der Waals surface area contributed by atoms with Crippen LogP contribution in [0.1, 0.15) is 12.8 Å².